The summed E-state index contributed by atoms with van der Waals surface area (Å²) in [6.07, 6.45) is 0. The third-order valence-corrected chi connectivity index (χ3v) is 3.46. The van der Waals surface area contributed by atoms with Gasteiger partial charge in [-0.3, -0.25) is 0 Å². The minimum atomic E-state index is 0.376. The van der Waals surface area contributed by atoms with E-state index in [1.165, 1.54) is 0 Å². The molecule has 0 atom stereocenters. The van der Waals surface area contributed by atoms with E-state index in [2.05, 4.69) is 25.3 Å². The lowest BCUT2D eigenvalue weighted by molar-refractivity contribution is 0.415. The summed E-state index contributed by atoms with van der Waals surface area (Å²) in [5, 5.41) is 3.19. The molecule has 1 N–H and O–H groups in total. The quantitative estimate of drug-likeness (QED) is 0.789. The zero-order chi connectivity index (χ0) is 15.8. The molecule has 0 saturated carbocycles. The van der Waals surface area contributed by atoms with E-state index in [9.17, 15) is 0 Å². The predicted molar refractivity (Wildman–Crippen MR) is 87.6 cm³/mol. The Morgan fingerprint density at radius 2 is 1.91 bits per heavy atom. The minimum absolute atomic E-state index is 0.376. The molecule has 0 spiro atoms. The molecule has 0 aliphatic carbocycles. The highest BCUT2D eigenvalue weighted by Gasteiger charge is 2.12. The monoisotopic (exact) mass is 306 g/mol. The number of anilines is 1. The number of nitrogens with one attached hydrogen (secondary N) is 1. The van der Waals surface area contributed by atoms with Crippen molar-refractivity contribution < 1.29 is 4.74 Å². The van der Waals surface area contributed by atoms with Crippen molar-refractivity contribution >= 4 is 28.9 Å². The summed E-state index contributed by atoms with van der Waals surface area (Å²) in [7, 11) is 1.63. The fourth-order valence-corrected chi connectivity index (χ4v) is 2.42. The Labute approximate surface area is 132 Å². The Kier molecular flexibility index (Phi) is 3.04. The first kappa shape index (κ1) is 13.4. The van der Waals surface area contributed by atoms with Crippen LogP contribution < -0.4 is 15.7 Å². The van der Waals surface area contributed by atoms with Gasteiger partial charge in [0.05, 0.1) is 12.8 Å². The molecule has 23 heavy (non-hydrogen) atoms. The number of rotatable bonds is 2. The smallest absolute Gasteiger partial charge is 0.255 e. The van der Waals surface area contributed by atoms with Gasteiger partial charge in [0.1, 0.15) is 23.1 Å². The summed E-state index contributed by atoms with van der Waals surface area (Å²) in [4.78, 5) is 17.8. The molecule has 7 heteroatoms. The second-order valence-corrected chi connectivity index (χ2v) is 5.06. The average Bonchev–Trinajstić information content (AvgIpc) is 2.55. The third-order valence-electron chi connectivity index (χ3n) is 3.46. The molecule has 3 heterocycles. The van der Waals surface area contributed by atoms with Gasteiger partial charge in [-0.05, 0) is 43.3 Å². The van der Waals surface area contributed by atoms with E-state index in [-0.39, 0.29) is 0 Å². The lowest BCUT2D eigenvalue weighted by Gasteiger charge is -2.16. The van der Waals surface area contributed by atoms with E-state index in [0.29, 0.717) is 11.6 Å². The van der Waals surface area contributed by atoms with Crippen LogP contribution in [-0.2, 0) is 0 Å². The zero-order valence-electron chi connectivity index (χ0n) is 12.7. The van der Waals surface area contributed by atoms with E-state index in [1.807, 2.05) is 53.8 Å². The topological polar surface area (TPSA) is 76.2 Å². The SMILES string of the molecule is COc1ccc(N=c2nc3n4c(cccc4n2)NC(C)=N3)cc1. The summed E-state index contributed by atoms with van der Waals surface area (Å²) in [5.41, 5.74) is 1.87. The summed E-state index contributed by atoms with van der Waals surface area (Å²) < 4.78 is 7.01. The van der Waals surface area contributed by atoms with E-state index in [1.54, 1.807) is 7.11 Å². The molecule has 0 bridgehead atoms. The number of hydrogen-bond donors (Lipinski definition) is 1. The molecule has 114 valence electrons. The minimum Gasteiger partial charge on any atom is -0.497 e. The normalized spacial score (nSPS) is 13.7. The van der Waals surface area contributed by atoms with Gasteiger partial charge in [-0.1, -0.05) is 6.07 Å². The lowest BCUT2D eigenvalue weighted by atomic mass is 10.3. The Balaban J connectivity index is 1.90. The van der Waals surface area contributed by atoms with Crippen LogP contribution in [0.2, 0.25) is 0 Å². The Bertz CT molecular complexity index is 988. The molecule has 0 amide bonds. The molecule has 1 aliphatic rings. The number of hydrogen-bond acceptors (Lipinski definition) is 6. The maximum Gasteiger partial charge on any atom is 0.255 e. The summed E-state index contributed by atoms with van der Waals surface area (Å²) in [6.45, 7) is 1.89. The summed E-state index contributed by atoms with van der Waals surface area (Å²) in [5.74, 6) is 3.02. The fourth-order valence-electron chi connectivity index (χ4n) is 2.42. The van der Waals surface area contributed by atoms with Gasteiger partial charge in [-0.15, -0.1) is 0 Å². The summed E-state index contributed by atoms with van der Waals surface area (Å²) in [6, 6.07) is 13.2. The van der Waals surface area contributed by atoms with Gasteiger partial charge in [-0.25, -0.2) is 9.39 Å². The maximum absolute atomic E-state index is 5.15. The first-order valence-electron chi connectivity index (χ1n) is 7.14. The van der Waals surface area contributed by atoms with Crippen molar-refractivity contribution in [1.82, 2.24) is 14.4 Å². The highest BCUT2D eigenvalue weighted by Crippen LogP contribution is 2.21. The van der Waals surface area contributed by atoms with Gasteiger partial charge in [0.15, 0.2) is 0 Å². The number of amidine groups is 1. The van der Waals surface area contributed by atoms with Crippen LogP contribution in [0.15, 0.2) is 52.4 Å². The molecule has 2 aromatic heterocycles. The predicted octanol–water partition coefficient (Wildman–Crippen LogP) is 2.45. The number of ether oxygens (including phenoxy) is 1. The van der Waals surface area contributed by atoms with Crippen molar-refractivity contribution in [3.05, 3.63) is 48.1 Å². The number of nitrogens with zero attached hydrogens (tertiary/aromatic N) is 5. The molecule has 0 radical (unpaired) electrons. The third kappa shape index (κ3) is 2.42. The highest BCUT2D eigenvalue weighted by atomic mass is 16.5. The highest BCUT2D eigenvalue weighted by molar-refractivity contribution is 5.96. The maximum atomic E-state index is 5.15. The first-order valence-corrected chi connectivity index (χ1v) is 7.14. The Hall–Kier alpha value is -3.22. The Morgan fingerprint density at radius 3 is 2.70 bits per heavy atom. The van der Waals surface area contributed by atoms with E-state index in [4.69, 9.17) is 4.74 Å². The average molecular weight is 306 g/mol. The Morgan fingerprint density at radius 1 is 1.09 bits per heavy atom. The van der Waals surface area contributed by atoms with Gasteiger partial charge in [0.2, 0.25) is 5.95 Å². The molecule has 4 rings (SSSR count). The van der Waals surface area contributed by atoms with Crippen molar-refractivity contribution in [1.29, 1.82) is 0 Å². The molecule has 1 aromatic carbocycles. The molecular formula is C16H14N6O. The lowest BCUT2D eigenvalue weighted by Crippen LogP contribution is -2.22. The second kappa shape index (κ2) is 5.20. The van der Waals surface area contributed by atoms with Crippen LogP contribution >= 0.6 is 0 Å². The molecule has 0 saturated heterocycles. The molecular weight excluding hydrogens is 292 g/mol. The van der Waals surface area contributed by atoms with Crippen molar-refractivity contribution in [2.75, 3.05) is 12.4 Å². The number of pyridine rings is 1. The molecule has 0 unspecified atom stereocenters. The fraction of sp³-hybridized carbons (Fsp3) is 0.125. The van der Waals surface area contributed by atoms with Crippen LogP contribution in [0.5, 0.6) is 5.75 Å². The number of methoxy groups -OCH3 is 1. The van der Waals surface area contributed by atoms with Gasteiger partial charge in [0.25, 0.3) is 5.62 Å². The second-order valence-electron chi connectivity index (χ2n) is 5.06. The van der Waals surface area contributed by atoms with Crippen molar-refractivity contribution in [2.45, 2.75) is 6.92 Å². The summed E-state index contributed by atoms with van der Waals surface area (Å²) >= 11 is 0. The van der Waals surface area contributed by atoms with Crippen molar-refractivity contribution in [3.8, 4) is 5.75 Å². The molecule has 7 nitrogen and oxygen atoms in total. The van der Waals surface area contributed by atoms with E-state index < -0.39 is 0 Å². The van der Waals surface area contributed by atoms with E-state index >= 15 is 0 Å². The van der Waals surface area contributed by atoms with Crippen molar-refractivity contribution in [3.63, 3.8) is 0 Å². The molecule has 0 fully saturated rings. The largest absolute Gasteiger partial charge is 0.497 e. The van der Waals surface area contributed by atoms with Crippen LogP contribution in [0.3, 0.4) is 0 Å². The van der Waals surface area contributed by atoms with Crippen LogP contribution in [0.4, 0.5) is 17.5 Å². The van der Waals surface area contributed by atoms with Gasteiger partial charge >= 0.3 is 0 Å². The zero-order valence-corrected chi connectivity index (χ0v) is 12.7. The van der Waals surface area contributed by atoms with Crippen LogP contribution in [-0.4, -0.2) is 27.3 Å². The first-order chi connectivity index (χ1) is 11.2. The van der Waals surface area contributed by atoms with Crippen LogP contribution in [0.1, 0.15) is 6.92 Å². The number of benzene rings is 1. The molecule has 1 aliphatic heterocycles. The van der Waals surface area contributed by atoms with Crippen molar-refractivity contribution in [2.24, 2.45) is 9.98 Å². The van der Waals surface area contributed by atoms with Crippen LogP contribution in [0.25, 0.3) is 5.65 Å². The standard InChI is InChI=1S/C16H14N6O/c1-10-17-13-4-3-5-14-20-15(21-16(18-10)22(13)14)19-11-6-8-12(23-2)9-7-11/h3-9H,1-2H3,(H,17,18,19,20,21). The van der Waals surface area contributed by atoms with Gasteiger partial charge < -0.3 is 10.1 Å². The number of aromatic nitrogens is 3. The number of aliphatic imine (C=N–C) groups is 1. The molecule has 3 aromatic rings. The van der Waals surface area contributed by atoms with E-state index in [0.717, 1.165) is 28.7 Å². The van der Waals surface area contributed by atoms with Gasteiger partial charge in [-0.2, -0.15) is 15.0 Å². The van der Waals surface area contributed by atoms with Crippen LogP contribution in [0, 0.1) is 0 Å². The van der Waals surface area contributed by atoms with Gasteiger partial charge in [0, 0.05) is 0 Å².